The number of thiazole rings is 1. The van der Waals surface area contributed by atoms with Crippen molar-refractivity contribution in [2.24, 2.45) is 0 Å². The highest BCUT2D eigenvalue weighted by Crippen LogP contribution is 2.32. The average Bonchev–Trinajstić information content (AvgIpc) is 3.50. The van der Waals surface area contributed by atoms with Gasteiger partial charge in [0.05, 0.1) is 22.9 Å². The number of anilines is 1. The average molecular weight is 491 g/mol. The molecule has 2 aromatic heterocycles. The predicted molar refractivity (Wildman–Crippen MR) is 138 cm³/mol. The number of fused-ring (bicyclic) bond motifs is 1. The number of ether oxygens (including phenoxy) is 1. The van der Waals surface area contributed by atoms with Gasteiger partial charge in [-0.1, -0.05) is 53.4 Å². The van der Waals surface area contributed by atoms with E-state index in [-0.39, 0.29) is 12.0 Å². The van der Waals surface area contributed by atoms with E-state index < -0.39 is 0 Å². The smallest absolute Gasteiger partial charge is 0.260 e. The standard InChI is InChI=1S/C26H26N4O2S2/c1-17-14-18(2)28-25(27-17)33-16-19-8-3-4-10-21(19)24(31)30(15-20-9-7-13-32-20)26-29-22-11-5-6-12-23(22)34-26/h3-6,8,10-12,14,20H,7,9,13,15-16H2,1-2H3. The largest absolute Gasteiger partial charge is 0.376 e. The van der Waals surface area contributed by atoms with Gasteiger partial charge in [0.1, 0.15) is 0 Å². The lowest BCUT2D eigenvalue weighted by Gasteiger charge is -2.24. The van der Waals surface area contributed by atoms with Gasteiger partial charge in [-0.05, 0) is 56.5 Å². The fourth-order valence-electron chi connectivity index (χ4n) is 4.12. The molecule has 6 nitrogen and oxygen atoms in total. The van der Waals surface area contributed by atoms with E-state index in [1.54, 1.807) is 28.0 Å². The maximum Gasteiger partial charge on any atom is 0.260 e. The summed E-state index contributed by atoms with van der Waals surface area (Å²) in [5.74, 6) is 0.561. The molecule has 0 N–H and O–H groups in total. The molecule has 1 amide bonds. The molecule has 5 rings (SSSR count). The highest BCUT2D eigenvalue weighted by Gasteiger charge is 2.28. The fraction of sp³-hybridized carbons (Fsp3) is 0.308. The number of aromatic nitrogens is 3. The maximum atomic E-state index is 13.9. The lowest BCUT2D eigenvalue weighted by molar-refractivity contribution is 0.0917. The molecule has 3 heterocycles. The van der Waals surface area contributed by atoms with Gasteiger partial charge in [0.15, 0.2) is 10.3 Å². The summed E-state index contributed by atoms with van der Waals surface area (Å²) in [6, 6.07) is 17.7. The molecule has 4 aromatic rings. The molecular formula is C26H26N4O2S2. The summed E-state index contributed by atoms with van der Waals surface area (Å²) >= 11 is 3.09. The topological polar surface area (TPSA) is 68.2 Å². The highest BCUT2D eigenvalue weighted by molar-refractivity contribution is 7.98. The van der Waals surface area contributed by atoms with Crippen LogP contribution in [0.25, 0.3) is 10.2 Å². The number of aryl methyl sites for hydroxylation is 2. The molecule has 0 spiro atoms. The molecule has 8 heteroatoms. The number of thioether (sulfide) groups is 1. The van der Waals surface area contributed by atoms with E-state index >= 15 is 0 Å². The van der Waals surface area contributed by atoms with Gasteiger partial charge in [-0.2, -0.15) is 0 Å². The first-order valence-electron chi connectivity index (χ1n) is 11.4. The molecule has 0 aliphatic carbocycles. The van der Waals surface area contributed by atoms with E-state index in [0.29, 0.717) is 23.0 Å². The summed E-state index contributed by atoms with van der Waals surface area (Å²) in [6.45, 7) is 5.18. The molecule has 0 radical (unpaired) electrons. The monoisotopic (exact) mass is 490 g/mol. The Labute approximate surface area is 207 Å². The molecule has 1 aliphatic heterocycles. The summed E-state index contributed by atoms with van der Waals surface area (Å²) in [4.78, 5) is 29.6. The van der Waals surface area contributed by atoms with Crippen LogP contribution in [0.5, 0.6) is 0 Å². The van der Waals surface area contributed by atoms with Crippen LogP contribution in [-0.4, -0.2) is 40.1 Å². The van der Waals surface area contributed by atoms with Crippen molar-refractivity contribution in [3.63, 3.8) is 0 Å². The molecule has 34 heavy (non-hydrogen) atoms. The molecule has 2 aromatic carbocycles. The first kappa shape index (κ1) is 23.0. The van der Waals surface area contributed by atoms with Gasteiger partial charge >= 0.3 is 0 Å². The maximum absolute atomic E-state index is 13.9. The Bertz CT molecular complexity index is 1260. The minimum atomic E-state index is -0.0490. The number of carbonyl (C=O) groups excluding carboxylic acids is 1. The second-order valence-electron chi connectivity index (χ2n) is 8.39. The molecular weight excluding hydrogens is 464 g/mol. The second kappa shape index (κ2) is 10.2. The van der Waals surface area contributed by atoms with E-state index in [9.17, 15) is 4.79 Å². The third-order valence-electron chi connectivity index (χ3n) is 5.74. The fourth-order valence-corrected chi connectivity index (χ4v) is 6.04. The van der Waals surface area contributed by atoms with Crippen LogP contribution in [-0.2, 0) is 10.5 Å². The normalized spacial score (nSPS) is 15.6. The van der Waals surface area contributed by atoms with Crippen molar-refractivity contribution in [3.8, 4) is 0 Å². The van der Waals surface area contributed by atoms with Crippen molar-refractivity contribution < 1.29 is 9.53 Å². The van der Waals surface area contributed by atoms with Crippen LogP contribution in [0.2, 0.25) is 0 Å². The van der Waals surface area contributed by atoms with E-state index in [2.05, 4.69) is 9.97 Å². The van der Waals surface area contributed by atoms with Gasteiger partial charge < -0.3 is 4.74 Å². The first-order chi connectivity index (χ1) is 16.6. The van der Waals surface area contributed by atoms with Crippen LogP contribution in [0.1, 0.15) is 40.2 Å². The number of carbonyl (C=O) groups is 1. The number of para-hydroxylation sites is 1. The van der Waals surface area contributed by atoms with Gasteiger partial charge in [-0.25, -0.2) is 15.0 Å². The van der Waals surface area contributed by atoms with E-state index in [1.807, 2.05) is 68.4 Å². The van der Waals surface area contributed by atoms with Crippen LogP contribution in [0.3, 0.4) is 0 Å². The summed E-state index contributed by atoms with van der Waals surface area (Å²) in [5, 5.41) is 1.43. The second-order valence-corrected chi connectivity index (χ2v) is 10.3. The van der Waals surface area contributed by atoms with Crippen LogP contribution in [0.4, 0.5) is 5.13 Å². The number of benzene rings is 2. The van der Waals surface area contributed by atoms with Crippen molar-refractivity contribution in [2.75, 3.05) is 18.1 Å². The van der Waals surface area contributed by atoms with Gasteiger partial charge in [0.25, 0.3) is 5.91 Å². The molecule has 0 saturated carbocycles. The summed E-state index contributed by atoms with van der Waals surface area (Å²) in [6.07, 6.45) is 2.01. The molecule has 0 bridgehead atoms. The Morgan fingerprint density at radius 3 is 2.62 bits per heavy atom. The quantitative estimate of drug-likeness (QED) is 0.240. The van der Waals surface area contributed by atoms with Crippen molar-refractivity contribution in [3.05, 3.63) is 77.1 Å². The zero-order valence-electron chi connectivity index (χ0n) is 19.2. The molecule has 174 valence electrons. The van der Waals surface area contributed by atoms with Crippen LogP contribution in [0.15, 0.2) is 59.8 Å². The van der Waals surface area contributed by atoms with Gasteiger partial charge in [0.2, 0.25) is 0 Å². The zero-order chi connectivity index (χ0) is 23.5. The Morgan fingerprint density at radius 2 is 1.85 bits per heavy atom. The molecule has 1 atom stereocenters. The Balaban J connectivity index is 1.44. The van der Waals surface area contributed by atoms with Gasteiger partial charge in [-0.15, -0.1) is 0 Å². The van der Waals surface area contributed by atoms with E-state index in [4.69, 9.17) is 9.72 Å². The number of amides is 1. The Hall–Kier alpha value is -2.81. The minimum Gasteiger partial charge on any atom is -0.376 e. The number of hydrogen-bond acceptors (Lipinski definition) is 7. The minimum absolute atomic E-state index is 0.0289. The van der Waals surface area contributed by atoms with E-state index in [1.165, 1.54) is 0 Å². The molecule has 1 unspecified atom stereocenters. The zero-order valence-corrected chi connectivity index (χ0v) is 20.9. The van der Waals surface area contributed by atoms with Crippen molar-refractivity contribution in [1.82, 2.24) is 15.0 Å². The Morgan fingerprint density at radius 1 is 1.09 bits per heavy atom. The number of rotatable bonds is 7. The van der Waals surface area contributed by atoms with Gasteiger partial charge in [0, 0.05) is 29.3 Å². The van der Waals surface area contributed by atoms with Gasteiger partial charge in [-0.3, -0.25) is 9.69 Å². The van der Waals surface area contributed by atoms with Crippen molar-refractivity contribution in [2.45, 2.75) is 43.7 Å². The summed E-state index contributed by atoms with van der Waals surface area (Å²) in [5.41, 5.74) is 4.43. The number of nitrogens with zero attached hydrogens (tertiary/aromatic N) is 4. The predicted octanol–water partition coefficient (Wildman–Crippen LogP) is 5.82. The van der Waals surface area contributed by atoms with Crippen LogP contribution >= 0.6 is 23.1 Å². The number of hydrogen-bond donors (Lipinski definition) is 0. The summed E-state index contributed by atoms with van der Waals surface area (Å²) < 4.78 is 6.95. The Kier molecular flexibility index (Phi) is 6.89. The lowest BCUT2D eigenvalue weighted by Crippen LogP contribution is -2.38. The van der Waals surface area contributed by atoms with Crippen molar-refractivity contribution >= 4 is 44.4 Å². The molecule has 1 fully saturated rings. The highest BCUT2D eigenvalue weighted by atomic mass is 32.2. The van der Waals surface area contributed by atoms with Crippen molar-refractivity contribution in [1.29, 1.82) is 0 Å². The molecule has 1 saturated heterocycles. The third kappa shape index (κ3) is 5.14. The van der Waals surface area contributed by atoms with E-state index in [0.717, 1.165) is 51.8 Å². The first-order valence-corrected chi connectivity index (χ1v) is 13.2. The molecule has 1 aliphatic rings. The lowest BCUT2D eigenvalue weighted by atomic mass is 10.1. The third-order valence-corrected chi connectivity index (χ3v) is 7.69. The SMILES string of the molecule is Cc1cc(C)nc(SCc2ccccc2C(=O)N(CC2CCCO2)c2nc3ccccc3s2)n1. The van der Waals surface area contributed by atoms with Crippen LogP contribution < -0.4 is 4.90 Å². The summed E-state index contributed by atoms with van der Waals surface area (Å²) in [7, 11) is 0. The van der Waals surface area contributed by atoms with Crippen LogP contribution in [0, 0.1) is 13.8 Å².